The van der Waals surface area contributed by atoms with Crippen LogP contribution in [0.1, 0.15) is 19.8 Å². The molecule has 6 nitrogen and oxygen atoms in total. The molecule has 2 aliphatic rings. The van der Waals surface area contributed by atoms with Crippen LogP contribution in [0, 0.1) is 0 Å². The Morgan fingerprint density at radius 2 is 2.04 bits per heavy atom. The molecule has 2 fully saturated rings. The topological polar surface area (TPSA) is 49.3 Å². The molecular weight excluding hydrogens is 328 g/mol. The van der Waals surface area contributed by atoms with E-state index >= 15 is 0 Å². The number of aliphatic imine (C=N–C) groups is 1. The van der Waals surface area contributed by atoms with Crippen molar-refractivity contribution >= 4 is 11.6 Å². The van der Waals surface area contributed by atoms with Crippen molar-refractivity contribution in [2.24, 2.45) is 4.99 Å². The summed E-state index contributed by atoms with van der Waals surface area (Å²) in [5.74, 6) is 0.986. The number of anilines is 1. The van der Waals surface area contributed by atoms with Gasteiger partial charge in [-0.25, -0.2) is 0 Å². The first kappa shape index (κ1) is 19.0. The van der Waals surface area contributed by atoms with Crippen molar-refractivity contribution in [2.45, 2.75) is 32.0 Å². The van der Waals surface area contributed by atoms with E-state index in [9.17, 15) is 0 Å². The van der Waals surface area contributed by atoms with Crippen LogP contribution in [0.5, 0.6) is 0 Å². The van der Waals surface area contributed by atoms with Gasteiger partial charge in [0.1, 0.15) is 6.10 Å². The minimum absolute atomic E-state index is 0.155. The minimum atomic E-state index is 0.155. The van der Waals surface area contributed by atoms with E-state index < -0.39 is 0 Å². The van der Waals surface area contributed by atoms with Crippen LogP contribution in [-0.4, -0.2) is 76.1 Å². The number of ether oxygens (including phenoxy) is 2. The van der Waals surface area contributed by atoms with Crippen molar-refractivity contribution in [1.29, 1.82) is 0 Å². The molecule has 2 heterocycles. The van der Waals surface area contributed by atoms with Crippen LogP contribution in [0.15, 0.2) is 35.3 Å². The summed E-state index contributed by atoms with van der Waals surface area (Å²) in [7, 11) is 2.11. The van der Waals surface area contributed by atoms with Crippen LogP contribution < -0.4 is 10.2 Å². The lowest BCUT2D eigenvalue weighted by Gasteiger charge is -2.37. The minimum Gasteiger partial charge on any atom is -0.375 e. The second-order valence-corrected chi connectivity index (χ2v) is 6.90. The number of nitrogens with one attached hydrogen (secondary N) is 1. The molecule has 2 aliphatic heterocycles. The van der Waals surface area contributed by atoms with Gasteiger partial charge in [-0.2, -0.15) is 0 Å². The average Bonchev–Trinajstić information content (AvgIpc) is 3.23. The molecule has 2 atom stereocenters. The van der Waals surface area contributed by atoms with Crippen LogP contribution in [0.3, 0.4) is 0 Å². The molecule has 1 aromatic rings. The maximum absolute atomic E-state index is 5.96. The molecule has 0 amide bonds. The fraction of sp³-hybridized carbons (Fsp3) is 0.650. The highest BCUT2D eigenvalue weighted by Crippen LogP contribution is 2.21. The van der Waals surface area contributed by atoms with Crippen molar-refractivity contribution in [1.82, 2.24) is 10.2 Å². The van der Waals surface area contributed by atoms with Crippen LogP contribution in [0.2, 0.25) is 0 Å². The molecule has 2 unspecified atom stereocenters. The Labute approximate surface area is 157 Å². The first-order chi connectivity index (χ1) is 12.8. The normalized spacial score (nSPS) is 23.9. The Hall–Kier alpha value is -1.79. The number of hydrogen-bond donors (Lipinski definition) is 1. The maximum atomic E-state index is 5.96. The molecule has 0 saturated carbocycles. The number of nitrogens with zero attached hydrogens (tertiary/aromatic N) is 3. The molecule has 1 aromatic carbocycles. The summed E-state index contributed by atoms with van der Waals surface area (Å²) in [5, 5.41) is 3.44. The molecule has 26 heavy (non-hydrogen) atoms. The Morgan fingerprint density at radius 1 is 1.23 bits per heavy atom. The molecule has 3 rings (SSSR count). The average molecular weight is 361 g/mol. The van der Waals surface area contributed by atoms with Crippen molar-refractivity contribution < 1.29 is 9.47 Å². The van der Waals surface area contributed by atoms with Crippen LogP contribution in [0.4, 0.5) is 5.69 Å². The molecule has 2 saturated heterocycles. The summed E-state index contributed by atoms with van der Waals surface area (Å²) in [6, 6.07) is 10.4. The van der Waals surface area contributed by atoms with Crippen molar-refractivity contribution in [2.75, 3.05) is 57.9 Å². The summed E-state index contributed by atoms with van der Waals surface area (Å²) in [5.41, 5.74) is 1.22. The predicted octanol–water partition coefficient (Wildman–Crippen LogP) is 1.97. The van der Waals surface area contributed by atoms with Gasteiger partial charge in [0.15, 0.2) is 5.96 Å². The van der Waals surface area contributed by atoms with E-state index in [0.717, 1.165) is 64.7 Å². The Bertz CT molecular complexity index is 560. The summed E-state index contributed by atoms with van der Waals surface area (Å²) in [6.07, 6.45) is 2.64. The van der Waals surface area contributed by atoms with Gasteiger partial charge in [-0.15, -0.1) is 0 Å². The van der Waals surface area contributed by atoms with E-state index in [4.69, 9.17) is 14.5 Å². The largest absolute Gasteiger partial charge is 0.375 e. The van der Waals surface area contributed by atoms with E-state index in [1.54, 1.807) is 0 Å². The number of rotatable bonds is 6. The van der Waals surface area contributed by atoms with E-state index in [1.807, 2.05) is 6.07 Å². The second-order valence-electron chi connectivity index (χ2n) is 6.90. The fourth-order valence-electron chi connectivity index (χ4n) is 3.53. The lowest BCUT2D eigenvalue weighted by Crippen LogP contribution is -2.53. The highest BCUT2D eigenvalue weighted by Gasteiger charge is 2.32. The molecule has 0 aromatic heterocycles. The number of guanidine groups is 1. The number of hydrogen-bond acceptors (Lipinski definition) is 4. The van der Waals surface area contributed by atoms with E-state index in [0.29, 0.717) is 0 Å². The Morgan fingerprint density at radius 3 is 2.77 bits per heavy atom. The molecule has 6 heteroatoms. The van der Waals surface area contributed by atoms with Crippen LogP contribution in [-0.2, 0) is 9.47 Å². The van der Waals surface area contributed by atoms with E-state index in [2.05, 4.69) is 53.4 Å². The van der Waals surface area contributed by atoms with Gasteiger partial charge in [0.25, 0.3) is 0 Å². The lowest BCUT2D eigenvalue weighted by atomic mass is 10.1. The van der Waals surface area contributed by atoms with Gasteiger partial charge in [0, 0.05) is 45.5 Å². The van der Waals surface area contributed by atoms with Crippen LogP contribution >= 0.6 is 0 Å². The summed E-state index contributed by atoms with van der Waals surface area (Å²) < 4.78 is 11.8. The first-order valence-electron chi connectivity index (χ1n) is 9.80. The smallest absolute Gasteiger partial charge is 0.194 e. The van der Waals surface area contributed by atoms with Gasteiger partial charge in [0.05, 0.1) is 19.3 Å². The monoisotopic (exact) mass is 360 g/mol. The van der Waals surface area contributed by atoms with E-state index in [1.165, 1.54) is 5.69 Å². The first-order valence-corrected chi connectivity index (χ1v) is 9.80. The highest BCUT2D eigenvalue weighted by atomic mass is 16.5. The number of morpholine rings is 1. The van der Waals surface area contributed by atoms with Crippen LogP contribution in [0.25, 0.3) is 0 Å². The number of likely N-dealkylation sites (N-methyl/N-ethyl adjacent to an activating group) is 1. The molecule has 0 radical (unpaired) electrons. The molecular formula is C20H32N4O2. The van der Waals surface area contributed by atoms with E-state index in [-0.39, 0.29) is 12.2 Å². The standard InChI is InChI=1S/C20H32N4O2/c1-3-21-20(22-11-12-23(2)17-8-5-4-6-9-17)24-13-15-26-19(16-24)18-10-7-14-25-18/h4-6,8-9,18-19H,3,7,10-16H2,1-2H3,(H,21,22). The van der Waals surface area contributed by atoms with Crippen molar-refractivity contribution in [3.8, 4) is 0 Å². The fourth-order valence-corrected chi connectivity index (χ4v) is 3.53. The lowest BCUT2D eigenvalue weighted by molar-refractivity contribution is -0.0817. The van der Waals surface area contributed by atoms with Gasteiger partial charge >= 0.3 is 0 Å². The highest BCUT2D eigenvalue weighted by molar-refractivity contribution is 5.80. The second kappa shape index (κ2) is 9.78. The van der Waals surface area contributed by atoms with Gasteiger partial charge in [-0.05, 0) is 31.9 Å². The maximum Gasteiger partial charge on any atom is 0.194 e. The summed E-state index contributed by atoms with van der Waals surface area (Å²) >= 11 is 0. The number of para-hydroxylation sites is 1. The third-order valence-corrected chi connectivity index (χ3v) is 5.00. The van der Waals surface area contributed by atoms with Gasteiger partial charge < -0.3 is 24.6 Å². The molecule has 0 aliphatic carbocycles. The summed E-state index contributed by atoms with van der Waals surface area (Å²) in [4.78, 5) is 9.42. The molecule has 0 spiro atoms. The SMILES string of the molecule is CCNC(=NCCN(C)c1ccccc1)N1CCOC(C2CCCO2)C1. The molecule has 144 valence electrons. The van der Waals surface area contributed by atoms with Crippen molar-refractivity contribution in [3.05, 3.63) is 30.3 Å². The Kier molecular flexibility index (Phi) is 7.14. The zero-order valence-electron chi connectivity index (χ0n) is 16.1. The number of benzene rings is 1. The van der Waals surface area contributed by atoms with Gasteiger partial charge in [0.2, 0.25) is 0 Å². The summed E-state index contributed by atoms with van der Waals surface area (Å²) in [6.45, 7) is 7.96. The molecule has 0 bridgehead atoms. The van der Waals surface area contributed by atoms with Gasteiger partial charge in [-0.3, -0.25) is 4.99 Å². The third-order valence-electron chi connectivity index (χ3n) is 5.00. The zero-order chi connectivity index (χ0) is 18.2. The predicted molar refractivity (Wildman–Crippen MR) is 106 cm³/mol. The van der Waals surface area contributed by atoms with Crippen molar-refractivity contribution in [3.63, 3.8) is 0 Å². The molecule has 1 N–H and O–H groups in total. The Balaban J connectivity index is 1.55. The zero-order valence-corrected chi connectivity index (χ0v) is 16.1. The third kappa shape index (κ3) is 5.11. The quantitative estimate of drug-likeness (QED) is 0.621. The van der Waals surface area contributed by atoms with Gasteiger partial charge in [-0.1, -0.05) is 18.2 Å².